The van der Waals surface area contributed by atoms with Gasteiger partial charge in [-0.05, 0) is 39.0 Å². The molecule has 0 aliphatic rings. The van der Waals surface area contributed by atoms with Gasteiger partial charge in [0.1, 0.15) is 17.2 Å². The minimum absolute atomic E-state index is 0. The van der Waals surface area contributed by atoms with Crippen molar-refractivity contribution in [3.8, 4) is 17.2 Å². The molecule has 0 amide bonds. The van der Waals surface area contributed by atoms with Crippen LogP contribution >= 0.6 is 0 Å². The van der Waals surface area contributed by atoms with Crippen LogP contribution in [0.5, 0.6) is 17.2 Å². The van der Waals surface area contributed by atoms with Gasteiger partial charge < -0.3 is 35.7 Å². The molecule has 3 heterocycles. The van der Waals surface area contributed by atoms with Crippen LogP contribution in [-0.2, 0) is 0 Å². The summed E-state index contributed by atoms with van der Waals surface area (Å²) >= 11 is 0. The van der Waals surface area contributed by atoms with Gasteiger partial charge in [0.2, 0.25) is 16.7 Å². The zero-order chi connectivity index (χ0) is 24.8. The van der Waals surface area contributed by atoms with Gasteiger partial charge in [-0.1, -0.05) is 18.2 Å². The molecule has 0 saturated heterocycles. The van der Waals surface area contributed by atoms with E-state index in [4.69, 9.17) is 15.3 Å². The van der Waals surface area contributed by atoms with E-state index in [0.29, 0.717) is 0 Å². The molecular weight excluding hydrogens is 442 g/mol. The van der Waals surface area contributed by atoms with Crippen molar-refractivity contribution in [3.05, 3.63) is 121 Å². The molecule has 0 unspecified atom stereocenters. The Bertz CT molecular complexity index is 1140. The number of aromatic amines is 3. The number of H-pyrrole nitrogens is 3. The zero-order valence-electron chi connectivity index (χ0n) is 19.0. The molecular formula is C24H29N3O7. The van der Waals surface area contributed by atoms with Crippen LogP contribution in [0.1, 0.15) is 17.1 Å². The largest absolute Gasteiger partial charge is 0.508 e. The molecule has 4 aromatic rings. The van der Waals surface area contributed by atoms with E-state index in [-0.39, 0.29) is 39.4 Å². The molecule has 3 aromatic heterocycles. The Hall–Kier alpha value is -4.57. The summed E-state index contributed by atoms with van der Waals surface area (Å²) < 4.78 is 0. The smallest absolute Gasteiger partial charge is 0.248 e. The topological polar surface area (TPSA) is 191 Å². The van der Waals surface area contributed by atoms with Gasteiger partial charge in [0.05, 0.1) is 0 Å². The quantitative estimate of drug-likeness (QED) is 0.227. The number of phenolic OH excluding ortho intramolecular Hbond substituents is 3. The summed E-state index contributed by atoms with van der Waals surface area (Å²) in [6, 6.07) is 18.6. The molecule has 4 rings (SSSR count). The highest BCUT2D eigenvalue weighted by molar-refractivity contribution is 5.39. The standard InChI is InChI=1S/3C6H7NO.C6H6O3.H2O/c3*1-5-3-2-4-6(8)7-5;7-4-1-5(8)3-6(9)2-4;/h3*2-4H,1H3,(H,7,8);1-3,7-9H;1H2. The van der Waals surface area contributed by atoms with E-state index in [1.807, 2.05) is 39.0 Å². The Morgan fingerprint density at radius 1 is 0.500 bits per heavy atom. The van der Waals surface area contributed by atoms with Crippen LogP contribution < -0.4 is 16.7 Å². The third-order valence-electron chi connectivity index (χ3n) is 3.63. The molecule has 8 N–H and O–H groups in total. The fraction of sp³-hybridized carbons (Fsp3) is 0.125. The van der Waals surface area contributed by atoms with E-state index in [1.165, 1.54) is 18.2 Å². The summed E-state index contributed by atoms with van der Waals surface area (Å²) in [7, 11) is 0. The molecule has 0 atom stereocenters. The lowest BCUT2D eigenvalue weighted by Gasteiger charge is -1.94. The van der Waals surface area contributed by atoms with Gasteiger partial charge >= 0.3 is 0 Å². The lowest BCUT2D eigenvalue weighted by Crippen LogP contribution is -2.02. The molecule has 0 aliphatic heterocycles. The molecule has 1 aromatic carbocycles. The lowest BCUT2D eigenvalue weighted by molar-refractivity contribution is 0.428. The Kier molecular flexibility index (Phi) is 13.2. The fourth-order valence-electron chi connectivity index (χ4n) is 2.25. The predicted molar refractivity (Wildman–Crippen MR) is 130 cm³/mol. The van der Waals surface area contributed by atoms with Gasteiger partial charge in [0, 0.05) is 53.5 Å². The maximum Gasteiger partial charge on any atom is 0.248 e. The highest BCUT2D eigenvalue weighted by Gasteiger charge is 1.94. The van der Waals surface area contributed by atoms with E-state index in [1.54, 1.807) is 18.2 Å². The minimum Gasteiger partial charge on any atom is -0.508 e. The first-order valence-corrected chi connectivity index (χ1v) is 9.75. The predicted octanol–water partition coefficient (Wildman–Crippen LogP) is 2.03. The van der Waals surface area contributed by atoms with Crippen molar-refractivity contribution in [1.29, 1.82) is 0 Å². The van der Waals surface area contributed by atoms with Gasteiger partial charge in [-0.3, -0.25) is 14.4 Å². The van der Waals surface area contributed by atoms with Crippen molar-refractivity contribution in [2.24, 2.45) is 0 Å². The maximum absolute atomic E-state index is 10.4. The molecule has 0 spiro atoms. The Balaban J connectivity index is 0.000000423. The van der Waals surface area contributed by atoms with E-state index in [0.717, 1.165) is 35.3 Å². The fourth-order valence-corrected chi connectivity index (χ4v) is 2.25. The second kappa shape index (κ2) is 15.3. The third-order valence-corrected chi connectivity index (χ3v) is 3.63. The SMILES string of the molecule is Cc1cccc(=O)[nH]1.Cc1cccc(=O)[nH]1.Cc1cccc(=O)[nH]1.O.Oc1cc(O)cc(O)c1. The molecule has 10 nitrogen and oxygen atoms in total. The second-order valence-corrected chi connectivity index (χ2v) is 6.80. The minimum atomic E-state index is -0.146. The molecule has 0 saturated carbocycles. The van der Waals surface area contributed by atoms with Gasteiger partial charge in [0.15, 0.2) is 0 Å². The number of hydrogen-bond donors (Lipinski definition) is 6. The first kappa shape index (κ1) is 29.4. The first-order valence-electron chi connectivity index (χ1n) is 9.75. The third kappa shape index (κ3) is 13.7. The normalized spacial score (nSPS) is 8.91. The van der Waals surface area contributed by atoms with Crippen LogP contribution in [0, 0.1) is 20.8 Å². The van der Waals surface area contributed by atoms with E-state index >= 15 is 0 Å². The van der Waals surface area contributed by atoms with Gasteiger partial charge in [-0.15, -0.1) is 0 Å². The van der Waals surface area contributed by atoms with Crippen molar-refractivity contribution in [1.82, 2.24) is 15.0 Å². The summed E-state index contributed by atoms with van der Waals surface area (Å²) in [5.74, 6) is -0.437. The van der Waals surface area contributed by atoms with Crippen LogP contribution in [0.15, 0.2) is 87.2 Å². The maximum atomic E-state index is 10.4. The number of aromatic hydroxyl groups is 3. The molecule has 0 radical (unpaired) electrons. The number of rotatable bonds is 0. The van der Waals surface area contributed by atoms with E-state index in [9.17, 15) is 14.4 Å². The zero-order valence-corrected chi connectivity index (χ0v) is 19.0. The summed E-state index contributed by atoms with van der Waals surface area (Å²) in [5.41, 5.74) is 2.59. The Morgan fingerprint density at radius 2 is 0.735 bits per heavy atom. The molecule has 0 fully saturated rings. The van der Waals surface area contributed by atoms with E-state index < -0.39 is 0 Å². The van der Waals surface area contributed by atoms with Crippen LogP contribution in [0.4, 0.5) is 0 Å². The number of benzene rings is 1. The molecule has 0 bridgehead atoms. The number of nitrogens with one attached hydrogen (secondary N) is 3. The number of hydrogen-bond acceptors (Lipinski definition) is 6. The number of phenols is 3. The van der Waals surface area contributed by atoms with Crippen molar-refractivity contribution >= 4 is 0 Å². The molecule has 10 heteroatoms. The van der Waals surface area contributed by atoms with Crippen molar-refractivity contribution < 1.29 is 20.8 Å². The van der Waals surface area contributed by atoms with Crippen LogP contribution in [0.3, 0.4) is 0 Å². The summed E-state index contributed by atoms with van der Waals surface area (Å²) in [6.45, 7) is 5.55. The lowest BCUT2D eigenvalue weighted by atomic mass is 10.3. The van der Waals surface area contributed by atoms with E-state index in [2.05, 4.69) is 15.0 Å². The van der Waals surface area contributed by atoms with Crippen molar-refractivity contribution in [3.63, 3.8) is 0 Å². The summed E-state index contributed by atoms with van der Waals surface area (Å²) in [6.07, 6.45) is 0. The molecule has 34 heavy (non-hydrogen) atoms. The first-order chi connectivity index (χ1) is 15.5. The van der Waals surface area contributed by atoms with Crippen molar-refractivity contribution in [2.45, 2.75) is 20.8 Å². The van der Waals surface area contributed by atoms with Gasteiger partial charge in [0.25, 0.3) is 0 Å². The molecule has 182 valence electrons. The van der Waals surface area contributed by atoms with Crippen LogP contribution in [0.25, 0.3) is 0 Å². The monoisotopic (exact) mass is 471 g/mol. The second-order valence-electron chi connectivity index (χ2n) is 6.80. The highest BCUT2D eigenvalue weighted by atomic mass is 16.3. The molecule has 0 aliphatic carbocycles. The van der Waals surface area contributed by atoms with Gasteiger partial charge in [-0.2, -0.15) is 0 Å². The van der Waals surface area contributed by atoms with Gasteiger partial charge in [-0.25, -0.2) is 0 Å². The Labute approximate surface area is 195 Å². The average Bonchev–Trinajstić information content (AvgIpc) is 2.68. The highest BCUT2D eigenvalue weighted by Crippen LogP contribution is 2.23. The van der Waals surface area contributed by atoms with Crippen LogP contribution in [-0.4, -0.2) is 35.7 Å². The summed E-state index contributed by atoms with van der Waals surface area (Å²) in [5, 5.41) is 26.0. The summed E-state index contributed by atoms with van der Waals surface area (Å²) in [4.78, 5) is 39.1. The number of aryl methyl sites for hydroxylation is 3. The van der Waals surface area contributed by atoms with Crippen molar-refractivity contribution in [2.75, 3.05) is 0 Å². The number of aromatic nitrogens is 3. The Morgan fingerprint density at radius 3 is 0.882 bits per heavy atom. The average molecular weight is 472 g/mol. The number of pyridine rings is 3. The van der Waals surface area contributed by atoms with Crippen LogP contribution in [0.2, 0.25) is 0 Å².